The fourth-order valence-corrected chi connectivity index (χ4v) is 3.23. The van der Waals surface area contributed by atoms with Crippen LogP contribution in [0.25, 0.3) is 0 Å². The Hall–Kier alpha value is -3.35. The minimum absolute atomic E-state index is 0.337. The third-order valence-corrected chi connectivity index (χ3v) is 4.59. The van der Waals surface area contributed by atoms with Crippen LogP contribution in [0.15, 0.2) is 48.5 Å². The molecule has 152 valence electrons. The Labute approximate surface area is 169 Å². The number of carbonyl (C=O) groups is 3. The molecule has 0 saturated heterocycles. The topological polar surface area (TPSA) is 93.7 Å². The highest BCUT2D eigenvalue weighted by Gasteiger charge is 2.26. The molecule has 0 fully saturated rings. The van der Waals surface area contributed by atoms with Crippen LogP contribution in [0.3, 0.4) is 0 Å². The molecule has 1 aliphatic carbocycles. The smallest absolute Gasteiger partial charge is 0.345 e. The standard InChI is InChI=1S/C22H24N2O5/c1-2-23-22(27)24-21(26)20(16-7-4-3-5-8-16)29-19(25)14-28-18-12-11-15-9-6-10-17(15)13-18/h3-5,7-8,11-13,20H,2,6,9-10,14H2,1H3,(H2,23,24,26,27)/t20-/m1/s1. The first-order valence-electron chi connectivity index (χ1n) is 9.64. The number of aryl methyl sites for hydroxylation is 2. The number of benzene rings is 2. The highest BCUT2D eigenvalue weighted by molar-refractivity contribution is 5.97. The Morgan fingerprint density at radius 1 is 1.03 bits per heavy atom. The predicted octanol–water partition coefficient (Wildman–Crippen LogP) is 2.68. The molecule has 0 bridgehead atoms. The molecule has 0 spiro atoms. The Kier molecular flexibility index (Phi) is 6.84. The average Bonchev–Trinajstić information content (AvgIpc) is 3.19. The first-order chi connectivity index (χ1) is 14.1. The number of imide groups is 1. The summed E-state index contributed by atoms with van der Waals surface area (Å²) < 4.78 is 10.9. The summed E-state index contributed by atoms with van der Waals surface area (Å²) >= 11 is 0. The van der Waals surface area contributed by atoms with E-state index in [4.69, 9.17) is 9.47 Å². The van der Waals surface area contributed by atoms with E-state index >= 15 is 0 Å². The van der Waals surface area contributed by atoms with E-state index in [0.29, 0.717) is 17.9 Å². The minimum atomic E-state index is -1.25. The van der Waals surface area contributed by atoms with E-state index in [-0.39, 0.29) is 6.61 Å². The SMILES string of the molecule is CCNC(=O)NC(=O)[C@H](OC(=O)COc1ccc2c(c1)CCC2)c1ccccc1. The fourth-order valence-electron chi connectivity index (χ4n) is 3.23. The summed E-state index contributed by atoms with van der Waals surface area (Å²) in [6.45, 7) is 1.76. The molecule has 2 aromatic carbocycles. The van der Waals surface area contributed by atoms with E-state index in [2.05, 4.69) is 10.6 Å². The van der Waals surface area contributed by atoms with Crippen molar-refractivity contribution < 1.29 is 23.9 Å². The molecule has 1 aliphatic rings. The van der Waals surface area contributed by atoms with Gasteiger partial charge in [-0.15, -0.1) is 0 Å². The summed E-state index contributed by atoms with van der Waals surface area (Å²) in [5, 5.41) is 4.65. The minimum Gasteiger partial charge on any atom is -0.482 e. The third-order valence-electron chi connectivity index (χ3n) is 4.59. The number of nitrogens with one attached hydrogen (secondary N) is 2. The number of hydrogen-bond acceptors (Lipinski definition) is 5. The molecule has 7 heteroatoms. The number of fused-ring (bicyclic) bond motifs is 1. The van der Waals surface area contributed by atoms with E-state index in [1.165, 1.54) is 11.1 Å². The van der Waals surface area contributed by atoms with E-state index < -0.39 is 24.0 Å². The van der Waals surface area contributed by atoms with Crippen molar-refractivity contribution in [3.05, 3.63) is 65.2 Å². The molecule has 0 saturated carbocycles. The maximum absolute atomic E-state index is 12.5. The lowest BCUT2D eigenvalue weighted by atomic mass is 10.1. The van der Waals surface area contributed by atoms with Crippen molar-refractivity contribution in [3.63, 3.8) is 0 Å². The normalized spacial score (nSPS) is 13.1. The van der Waals surface area contributed by atoms with Gasteiger partial charge >= 0.3 is 12.0 Å². The number of carbonyl (C=O) groups excluding carboxylic acids is 3. The molecular weight excluding hydrogens is 372 g/mol. The molecule has 29 heavy (non-hydrogen) atoms. The summed E-state index contributed by atoms with van der Waals surface area (Å²) in [5.74, 6) is -0.843. The van der Waals surface area contributed by atoms with Crippen LogP contribution in [0.5, 0.6) is 5.75 Å². The van der Waals surface area contributed by atoms with Crippen LogP contribution in [0.4, 0.5) is 4.79 Å². The molecule has 3 rings (SSSR count). The molecule has 3 amide bonds. The van der Waals surface area contributed by atoms with Crippen LogP contribution in [-0.2, 0) is 27.2 Å². The zero-order valence-electron chi connectivity index (χ0n) is 16.3. The molecular formula is C22H24N2O5. The van der Waals surface area contributed by atoms with Gasteiger partial charge in [0.15, 0.2) is 6.61 Å². The summed E-state index contributed by atoms with van der Waals surface area (Å²) in [7, 11) is 0. The molecule has 0 radical (unpaired) electrons. The van der Waals surface area contributed by atoms with E-state index in [1.54, 1.807) is 37.3 Å². The zero-order chi connectivity index (χ0) is 20.6. The summed E-state index contributed by atoms with van der Waals surface area (Å²) in [6.07, 6.45) is 1.94. The number of ether oxygens (including phenoxy) is 2. The van der Waals surface area contributed by atoms with Gasteiger partial charge in [-0.1, -0.05) is 36.4 Å². The number of rotatable bonds is 7. The van der Waals surface area contributed by atoms with Crippen LogP contribution in [0.1, 0.15) is 36.1 Å². The Balaban J connectivity index is 1.63. The highest BCUT2D eigenvalue weighted by atomic mass is 16.6. The second kappa shape index (κ2) is 9.73. The van der Waals surface area contributed by atoms with Gasteiger partial charge in [0.1, 0.15) is 5.75 Å². The van der Waals surface area contributed by atoms with Crippen LogP contribution in [0.2, 0.25) is 0 Å². The van der Waals surface area contributed by atoms with Gasteiger partial charge in [0.2, 0.25) is 6.10 Å². The van der Waals surface area contributed by atoms with Gasteiger partial charge in [-0.25, -0.2) is 9.59 Å². The van der Waals surface area contributed by atoms with Crippen LogP contribution in [0, 0.1) is 0 Å². The van der Waals surface area contributed by atoms with Crippen molar-refractivity contribution in [2.45, 2.75) is 32.3 Å². The molecule has 0 heterocycles. The van der Waals surface area contributed by atoms with Crippen molar-refractivity contribution in [1.29, 1.82) is 0 Å². The molecule has 7 nitrogen and oxygen atoms in total. The zero-order valence-corrected chi connectivity index (χ0v) is 16.3. The van der Waals surface area contributed by atoms with Gasteiger partial charge in [0.05, 0.1) is 0 Å². The first-order valence-corrected chi connectivity index (χ1v) is 9.64. The Morgan fingerprint density at radius 3 is 2.55 bits per heavy atom. The van der Waals surface area contributed by atoms with E-state index in [9.17, 15) is 14.4 Å². The van der Waals surface area contributed by atoms with Crippen LogP contribution < -0.4 is 15.4 Å². The average molecular weight is 396 g/mol. The quantitative estimate of drug-likeness (QED) is 0.702. The summed E-state index contributed by atoms with van der Waals surface area (Å²) in [4.78, 5) is 36.5. The third kappa shape index (κ3) is 5.57. The largest absolute Gasteiger partial charge is 0.482 e. The van der Waals surface area contributed by atoms with Gasteiger partial charge in [0.25, 0.3) is 5.91 Å². The lowest BCUT2D eigenvalue weighted by Gasteiger charge is -2.18. The van der Waals surface area contributed by atoms with Gasteiger partial charge in [0, 0.05) is 12.1 Å². The van der Waals surface area contributed by atoms with Crippen molar-refractivity contribution in [3.8, 4) is 5.75 Å². The molecule has 2 aromatic rings. The number of hydrogen-bond donors (Lipinski definition) is 2. The molecule has 0 unspecified atom stereocenters. The number of urea groups is 1. The second-order valence-corrected chi connectivity index (χ2v) is 6.70. The molecule has 0 aliphatic heterocycles. The van der Waals surface area contributed by atoms with E-state index in [1.807, 2.05) is 18.2 Å². The van der Waals surface area contributed by atoms with E-state index in [0.717, 1.165) is 19.3 Å². The molecule has 0 aromatic heterocycles. The number of amides is 3. The van der Waals surface area contributed by atoms with Gasteiger partial charge in [-0.05, 0) is 49.4 Å². The van der Waals surface area contributed by atoms with Crippen molar-refractivity contribution >= 4 is 17.9 Å². The van der Waals surface area contributed by atoms with Gasteiger partial charge in [-0.3, -0.25) is 10.1 Å². The summed E-state index contributed by atoms with van der Waals surface area (Å²) in [5.41, 5.74) is 3.01. The molecule has 2 N–H and O–H groups in total. The van der Waals surface area contributed by atoms with Crippen molar-refractivity contribution in [2.75, 3.05) is 13.2 Å². The monoisotopic (exact) mass is 396 g/mol. The van der Waals surface area contributed by atoms with Crippen molar-refractivity contribution in [1.82, 2.24) is 10.6 Å². The summed E-state index contributed by atoms with van der Waals surface area (Å²) in [6, 6.07) is 13.6. The van der Waals surface area contributed by atoms with Crippen LogP contribution >= 0.6 is 0 Å². The fraction of sp³-hybridized carbons (Fsp3) is 0.318. The first kappa shape index (κ1) is 20.4. The highest BCUT2D eigenvalue weighted by Crippen LogP contribution is 2.26. The molecule has 1 atom stereocenters. The van der Waals surface area contributed by atoms with Gasteiger partial charge in [-0.2, -0.15) is 0 Å². The second-order valence-electron chi connectivity index (χ2n) is 6.70. The van der Waals surface area contributed by atoms with Crippen LogP contribution in [-0.4, -0.2) is 31.1 Å². The van der Waals surface area contributed by atoms with Gasteiger partial charge < -0.3 is 14.8 Å². The lowest BCUT2D eigenvalue weighted by molar-refractivity contribution is -0.158. The van der Waals surface area contributed by atoms with Crippen molar-refractivity contribution in [2.24, 2.45) is 0 Å². The lowest BCUT2D eigenvalue weighted by Crippen LogP contribution is -2.42. The Morgan fingerprint density at radius 2 is 1.79 bits per heavy atom. The number of esters is 1. The Bertz CT molecular complexity index is 882. The maximum atomic E-state index is 12.5. The maximum Gasteiger partial charge on any atom is 0.345 e. The predicted molar refractivity (Wildman–Crippen MR) is 106 cm³/mol.